The highest BCUT2D eigenvalue weighted by atomic mass is 16.5. The zero-order valence-corrected chi connectivity index (χ0v) is 12.3. The number of hydrogen-bond donors (Lipinski definition) is 1. The lowest BCUT2D eigenvalue weighted by molar-refractivity contribution is 0.217. The average molecular weight is 266 g/mol. The first-order chi connectivity index (χ1) is 9.24. The molecule has 0 atom stereocenters. The molecule has 0 unspecified atom stereocenters. The highest BCUT2D eigenvalue weighted by Crippen LogP contribution is 2.28. The number of benzene rings is 1. The van der Waals surface area contributed by atoms with Gasteiger partial charge in [-0.3, -0.25) is 0 Å². The van der Waals surface area contributed by atoms with Gasteiger partial charge < -0.3 is 20.1 Å². The summed E-state index contributed by atoms with van der Waals surface area (Å²) in [6.07, 6.45) is 0.858. The summed E-state index contributed by atoms with van der Waals surface area (Å²) in [4.78, 5) is 2.33. The summed E-state index contributed by atoms with van der Waals surface area (Å²) in [7, 11) is 1.66. The maximum Gasteiger partial charge on any atom is 0.161 e. The molecular weight excluding hydrogens is 240 g/mol. The molecule has 0 aromatic heterocycles. The monoisotopic (exact) mass is 266 g/mol. The molecule has 0 saturated carbocycles. The number of methoxy groups -OCH3 is 1. The molecule has 19 heavy (non-hydrogen) atoms. The van der Waals surface area contributed by atoms with Crippen LogP contribution < -0.4 is 15.2 Å². The highest BCUT2D eigenvalue weighted by Gasteiger charge is 2.06. The minimum Gasteiger partial charge on any atom is -0.493 e. The summed E-state index contributed by atoms with van der Waals surface area (Å²) in [6, 6.07) is 5.99. The molecule has 0 aliphatic rings. The molecule has 1 aromatic carbocycles. The van der Waals surface area contributed by atoms with E-state index in [4.69, 9.17) is 15.2 Å². The smallest absolute Gasteiger partial charge is 0.161 e. The van der Waals surface area contributed by atoms with Gasteiger partial charge in [-0.25, -0.2) is 0 Å². The average Bonchev–Trinajstić information content (AvgIpc) is 2.44. The van der Waals surface area contributed by atoms with Crippen molar-refractivity contribution >= 4 is 0 Å². The van der Waals surface area contributed by atoms with Crippen LogP contribution in [0.2, 0.25) is 0 Å². The molecule has 1 aromatic rings. The van der Waals surface area contributed by atoms with E-state index in [1.165, 1.54) is 5.56 Å². The number of nitrogens with two attached hydrogens (primary N) is 1. The fraction of sp³-hybridized carbons (Fsp3) is 0.600. The van der Waals surface area contributed by atoms with Gasteiger partial charge in [0.05, 0.1) is 7.11 Å². The molecule has 0 spiro atoms. The van der Waals surface area contributed by atoms with Gasteiger partial charge in [0.15, 0.2) is 11.5 Å². The van der Waals surface area contributed by atoms with Crippen molar-refractivity contribution in [3.8, 4) is 11.5 Å². The third-order valence-electron chi connectivity index (χ3n) is 3.22. The zero-order chi connectivity index (χ0) is 14.1. The summed E-state index contributed by atoms with van der Waals surface area (Å²) in [5.74, 6) is 1.58. The first-order valence-corrected chi connectivity index (χ1v) is 6.97. The van der Waals surface area contributed by atoms with Crippen molar-refractivity contribution < 1.29 is 9.47 Å². The van der Waals surface area contributed by atoms with Gasteiger partial charge in [-0.05, 0) is 43.8 Å². The number of rotatable bonds is 9. The van der Waals surface area contributed by atoms with Crippen molar-refractivity contribution in [1.82, 2.24) is 4.90 Å². The molecule has 0 radical (unpaired) electrons. The van der Waals surface area contributed by atoms with E-state index in [1.54, 1.807) is 7.11 Å². The predicted molar refractivity (Wildman–Crippen MR) is 79.0 cm³/mol. The summed E-state index contributed by atoms with van der Waals surface area (Å²) >= 11 is 0. The van der Waals surface area contributed by atoms with E-state index in [2.05, 4.69) is 18.7 Å². The Balaban J connectivity index is 2.61. The van der Waals surface area contributed by atoms with Crippen molar-refractivity contribution in [1.29, 1.82) is 0 Å². The van der Waals surface area contributed by atoms with Crippen molar-refractivity contribution in [3.63, 3.8) is 0 Å². The summed E-state index contributed by atoms with van der Waals surface area (Å²) < 4.78 is 11.2. The molecule has 0 amide bonds. The normalized spacial score (nSPS) is 10.8. The summed E-state index contributed by atoms with van der Waals surface area (Å²) in [6.45, 7) is 8.65. The number of nitrogens with zero attached hydrogens (tertiary/aromatic N) is 1. The second kappa shape index (κ2) is 8.77. The Morgan fingerprint density at radius 2 is 1.89 bits per heavy atom. The van der Waals surface area contributed by atoms with Crippen LogP contribution >= 0.6 is 0 Å². The van der Waals surface area contributed by atoms with Crippen LogP contribution in [0.15, 0.2) is 18.2 Å². The van der Waals surface area contributed by atoms with Gasteiger partial charge in [-0.1, -0.05) is 19.9 Å². The van der Waals surface area contributed by atoms with E-state index in [0.29, 0.717) is 13.2 Å². The standard InChI is InChI=1S/C15H26N2O2/c1-4-17(5-2)10-11-19-15-12-13(8-9-16)6-7-14(15)18-3/h6-7,12H,4-5,8-11,16H2,1-3H3. The van der Waals surface area contributed by atoms with Crippen LogP contribution in [-0.2, 0) is 6.42 Å². The molecule has 1 rings (SSSR count). The van der Waals surface area contributed by atoms with Crippen LogP contribution in [0.25, 0.3) is 0 Å². The summed E-state index contributed by atoms with van der Waals surface area (Å²) in [5.41, 5.74) is 6.76. The quantitative estimate of drug-likeness (QED) is 0.742. The van der Waals surface area contributed by atoms with Crippen LogP contribution in [0, 0.1) is 0 Å². The second-order valence-corrected chi connectivity index (χ2v) is 4.40. The topological polar surface area (TPSA) is 47.7 Å². The lowest BCUT2D eigenvalue weighted by Crippen LogP contribution is -2.28. The van der Waals surface area contributed by atoms with Gasteiger partial charge in [0.25, 0.3) is 0 Å². The van der Waals surface area contributed by atoms with E-state index < -0.39 is 0 Å². The Morgan fingerprint density at radius 1 is 1.16 bits per heavy atom. The Bertz CT molecular complexity index is 365. The lowest BCUT2D eigenvalue weighted by atomic mass is 10.1. The van der Waals surface area contributed by atoms with Crippen molar-refractivity contribution in [2.45, 2.75) is 20.3 Å². The molecule has 0 heterocycles. The molecule has 108 valence electrons. The maximum atomic E-state index is 5.84. The van der Waals surface area contributed by atoms with Crippen LogP contribution in [0.4, 0.5) is 0 Å². The van der Waals surface area contributed by atoms with Crippen molar-refractivity contribution in [3.05, 3.63) is 23.8 Å². The largest absolute Gasteiger partial charge is 0.493 e. The minimum absolute atomic E-state index is 0.644. The van der Waals surface area contributed by atoms with Crippen LogP contribution in [-0.4, -0.2) is 44.8 Å². The third kappa shape index (κ3) is 5.09. The molecule has 4 nitrogen and oxygen atoms in total. The van der Waals surface area contributed by atoms with E-state index >= 15 is 0 Å². The predicted octanol–water partition coefficient (Wildman–Crippen LogP) is 1.92. The number of likely N-dealkylation sites (N-methyl/N-ethyl adjacent to an activating group) is 1. The molecule has 0 bridgehead atoms. The molecule has 0 aliphatic heterocycles. The molecule has 4 heteroatoms. The van der Waals surface area contributed by atoms with E-state index in [0.717, 1.165) is 37.6 Å². The van der Waals surface area contributed by atoms with Gasteiger partial charge in [-0.15, -0.1) is 0 Å². The maximum absolute atomic E-state index is 5.84. The highest BCUT2D eigenvalue weighted by molar-refractivity contribution is 5.43. The SMILES string of the molecule is CCN(CC)CCOc1cc(CCN)ccc1OC. The van der Waals surface area contributed by atoms with Gasteiger partial charge in [0.1, 0.15) is 6.61 Å². The molecule has 0 saturated heterocycles. The van der Waals surface area contributed by atoms with Crippen molar-refractivity contribution in [2.75, 3.05) is 39.9 Å². The Kier molecular flexibility index (Phi) is 7.30. The third-order valence-corrected chi connectivity index (χ3v) is 3.22. The van der Waals surface area contributed by atoms with E-state index in [9.17, 15) is 0 Å². The molecule has 2 N–H and O–H groups in total. The molecule has 0 aliphatic carbocycles. The van der Waals surface area contributed by atoms with Crippen LogP contribution in [0.5, 0.6) is 11.5 Å². The summed E-state index contributed by atoms with van der Waals surface area (Å²) in [5, 5.41) is 0. The lowest BCUT2D eigenvalue weighted by Gasteiger charge is -2.19. The fourth-order valence-electron chi connectivity index (χ4n) is 1.98. The van der Waals surface area contributed by atoms with Gasteiger partial charge in [0.2, 0.25) is 0 Å². The van der Waals surface area contributed by atoms with Crippen LogP contribution in [0.1, 0.15) is 19.4 Å². The first-order valence-electron chi connectivity index (χ1n) is 6.97. The second-order valence-electron chi connectivity index (χ2n) is 4.40. The molecule has 0 fully saturated rings. The van der Waals surface area contributed by atoms with Crippen LogP contribution in [0.3, 0.4) is 0 Å². The number of hydrogen-bond acceptors (Lipinski definition) is 4. The Hall–Kier alpha value is -1.26. The Morgan fingerprint density at radius 3 is 2.47 bits per heavy atom. The van der Waals surface area contributed by atoms with Gasteiger partial charge in [0, 0.05) is 6.54 Å². The Labute approximate surface area is 116 Å². The van der Waals surface area contributed by atoms with Gasteiger partial charge in [-0.2, -0.15) is 0 Å². The van der Waals surface area contributed by atoms with Crippen molar-refractivity contribution in [2.24, 2.45) is 5.73 Å². The van der Waals surface area contributed by atoms with E-state index in [1.807, 2.05) is 18.2 Å². The first kappa shape index (κ1) is 15.8. The van der Waals surface area contributed by atoms with Gasteiger partial charge >= 0.3 is 0 Å². The fourth-order valence-corrected chi connectivity index (χ4v) is 1.98. The van der Waals surface area contributed by atoms with E-state index in [-0.39, 0.29) is 0 Å². The molecular formula is C15H26N2O2. The number of ether oxygens (including phenoxy) is 2. The minimum atomic E-state index is 0.644. The zero-order valence-electron chi connectivity index (χ0n) is 12.3.